The van der Waals surface area contributed by atoms with E-state index in [0.29, 0.717) is 53.7 Å². The molecule has 2 N–H and O–H groups in total. The first-order valence-corrected chi connectivity index (χ1v) is 11.7. The molecule has 3 aromatic heterocycles. The molecule has 0 radical (unpaired) electrons. The number of nitrogens with two attached hydrogens (primary N) is 1. The van der Waals surface area contributed by atoms with E-state index in [1.165, 1.54) is 21.5 Å². The lowest BCUT2D eigenvalue weighted by Crippen LogP contribution is -2.31. The van der Waals surface area contributed by atoms with Crippen molar-refractivity contribution in [2.45, 2.75) is 25.4 Å². The van der Waals surface area contributed by atoms with Gasteiger partial charge < -0.3 is 10.5 Å². The molecular formula is C25H20F2N8O2. The summed E-state index contributed by atoms with van der Waals surface area (Å²) in [6, 6.07) is 8.41. The van der Waals surface area contributed by atoms with Crippen LogP contribution in [0.3, 0.4) is 0 Å². The van der Waals surface area contributed by atoms with Crippen molar-refractivity contribution in [2.75, 3.05) is 13.2 Å². The van der Waals surface area contributed by atoms with Crippen molar-refractivity contribution in [3.8, 4) is 17.8 Å². The maximum absolute atomic E-state index is 14.5. The largest absolute Gasteiger partial charge is 0.490 e. The van der Waals surface area contributed by atoms with Crippen molar-refractivity contribution in [2.24, 2.45) is 5.73 Å². The molecule has 0 spiro atoms. The highest BCUT2D eigenvalue weighted by Gasteiger charge is 2.31. The Balaban J connectivity index is 1.60. The van der Waals surface area contributed by atoms with E-state index in [-0.39, 0.29) is 29.6 Å². The first kappa shape index (κ1) is 22.8. The molecule has 0 bridgehead atoms. The third-order valence-corrected chi connectivity index (χ3v) is 6.52. The van der Waals surface area contributed by atoms with E-state index >= 15 is 0 Å². The first-order chi connectivity index (χ1) is 18.0. The number of aromatic nitrogens is 6. The summed E-state index contributed by atoms with van der Waals surface area (Å²) in [5, 5.41) is 9.32. The standard InChI is InChI=1S/C25H20F2N8O2/c26-15-9-16-19(4-7-37-22(16)17(27)10-15)35-23-21(33(25(35)36)6-1-5-28)12-30-24(32-23)34-13-31-18-3-2-14(11-29)8-20(18)34/h2-3,8-10,12-13,19H,1,4-7,28H2/t19-/m1/s1. The number of rotatable bonds is 5. The van der Waals surface area contributed by atoms with Gasteiger partial charge >= 0.3 is 5.69 Å². The number of fused-ring (bicyclic) bond motifs is 3. The Morgan fingerprint density at radius 2 is 2.05 bits per heavy atom. The van der Waals surface area contributed by atoms with Crippen LogP contribution in [0.4, 0.5) is 8.78 Å². The number of imidazole rings is 2. The second-order valence-electron chi connectivity index (χ2n) is 8.71. The van der Waals surface area contributed by atoms with Crippen LogP contribution in [0.2, 0.25) is 0 Å². The molecule has 0 saturated carbocycles. The van der Waals surface area contributed by atoms with Gasteiger partial charge in [-0.3, -0.25) is 13.7 Å². The molecule has 186 valence electrons. The number of hydrogen-bond acceptors (Lipinski definition) is 7. The van der Waals surface area contributed by atoms with Crippen molar-refractivity contribution in [3.63, 3.8) is 0 Å². The summed E-state index contributed by atoms with van der Waals surface area (Å²) in [5.41, 5.74) is 8.02. The highest BCUT2D eigenvalue weighted by atomic mass is 19.1. The van der Waals surface area contributed by atoms with E-state index in [0.717, 1.165) is 6.07 Å². The molecule has 0 amide bonds. The lowest BCUT2D eigenvalue weighted by Gasteiger charge is -2.27. The average Bonchev–Trinajstić information content (AvgIpc) is 3.44. The normalized spacial score (nSPS) is 15.0. The summed E-state index contributed by atoms with van der Waals surface area (Å²) in [6.45, 7) is 0.842. The quantitative estimate of drug-likeness (QED) is 0.391. The van der Waals surface area contributed by atoms with Gasteiger partial charge in [0.05, 0.1) is 41.5 Å². The van der Waals surface area contributed by atoms with Crippen LogP contribution in [0.25, 0.3) is 28.1 Å². The minimum Gasteiger partial charge on any atom is -0.490 e. The summed E-state index contributed by atoms with van der Waals surface area (Å²) in [6.07, 6.45) is 3.93. The number of halogens is 2. The lowest BCUT2D eigenvalue weighted by molar-refractivity contribution is 0.242. The molecular weight excluding hydrogens is 482 g/mol. The fourth-order valence-electron chi connectivity index (χ4n) is 4.82. The molecule has 1 aliphatic heterocycles. The maximum Gasteiger partial charge on any atom is 0.330 e. The highest BCUT2D eigenvalue weighted by Crippen LogP contribution is 2.38. The van der Waals surface area contributed by atoms with Gasteiger partial charge in [0, 0.05) is 24.6 Å². The van der Waals surface area contributed by atoms with Crippen LogP contribution in [0, 0.1) is 23.0 Å². The van der Waals surface area contributed by atoms with E-state index in [1.54, 1.807) is 29.0 Å². The SMILES string of the molecule is N#Cc1ccc2ncn(-c3ncc4c(n3)n([C@@H]3CCOc5c(F)cc(F)cc53)c(=O)n4CCCN)c2c1. The van der Waals surface area contributed by atoms with E-state index in [9.17, 15) is 18.8 Å². The minimum atomic E-state index is -0.826. The fraction of sp³-hybridized carbons (Fsp3) is 0.240. The zero-order chi connectivity index (χ0) is 25.7. The third-order valence-electron chi connectivity index (χ3n) is 6.52. The molecule has 5 aromatic rings. The molecule has 10 nitrogen and oxygen atoms in total. The third kappa shape index (κ3) is 3.63. The van der Waals surface area contributed by atoms with Crippen LogP contribution in [0.15, 0.2) is 47.7 Å². The Morgan fingerprint density at radius 1 is 1.19 bits per heavy atom. The minimum absolute atomic E-state index is 0.0775. The summed E-state index contributed by atoms with van der Waals surface area (Å²) in [4.78, 5) is 27.3. The Morgan fingerprint density at radius 3 is 2.86 bits per heavy atom. The van der Waals surface area contributed by atoms with Gasteiger partial charge in [-0.15, -0.1) is 0 Å². The predicted octanol–water partition coefficient (Wildman–Crippen LogP) is 2.80. The zero-order valence-corrected chi connectivity index (χ0v) is 19.4. The Bertz CT molecular complexity index is 1780. The van der Waals surface area contributed by atoms with Crippen molar-refractivity contribution in [3.05, 3.63) is 76.1 Å². The van der Waals surface area contributed by atoms with Crippen molar-refractivity contribution < 1.29 is 13.5 Å². The Kier molecular flexibility index (Phi) is 5.42. The molecule has 0 fully saturated rings. The second-order valence-corrected chi connectivity index (χ2v) is 8.71. The summed E-state index contributed by atoms with van der Waals surface area (Å²) in [7, 11) is 0. The molecule has 2 aromatic carbocycles. The Labute approximate surface area is 208 Å². The molecule has 37 heavy (non-hydrogen) atoms. The zero-order valence-electron chi connectivity index (χ0n) is 19.4. The van der Waals surface area contributed by atoms with Crippen molar-refractivity contribution in [1.29, 1.82) is 5.26 Å². The first-order valence-electron chi connectivity index (χ1n) is 11.7. The van der Waals surface area contributed by atoms with Crippen molar-refractivity contribution in [1.82, 2.24) is 28.7 Å². The number of hydrogen-bond donors (Lipinski definition) is 1. The Hall–Kier alpha value is -4.63. The smallest absolute Gasteiger partial charge is 0.330 e. The molecule has 4 heterocycles. The number of benzene rings is 2. The summed E-state index contributed by atoms with van der Waals surface area (Å²) in [5.74, 6) is -1.44. The van der Waals surface area contributed by atoms with Gasteiger partial charge in [-0.1, -0.05) is 0 Å². The molecule has 0 unspecified atom stereocenters. The lowest BCUT2D eigenvalue weighted by atomic mass is 10.00. The van der Waals surface area contributed by atoms with Gasteiger partial charge in [0.15, 0.2) is 17.2 Å². The predicted molar refractivity (Wildman–Crippen MR) is 129 cm³/mol. The van der Waals surface area contributed by atoms with Crippen molar-refractivity contribution >= 4 is 22.2 Å². The number of aryl methyl sites for hydroxylation is 1. The summed E-state index contributed by atoms with van der Waals surface area (Å²) >= 11 is 0. The van der Waals surface area contributed by atoms with Gasteiger partial charge in [-0.25, -0.2) is 23.5 Å². The van der Waals surface area contributed by atoms with E-state index in [2.05, 4.69) is 16.0 Å². The number of nitriles is 1. The van der Waals surface area contributed by atoms with Gasteiger partial charge in [0.1, 0.15) is 17.7 Å². The monoisotopic (exact) mass is 502 g/mol. The van der Waals surface area contributed by atoms with Crippen LogP contribution in [-0.2, 0) is 6.54 Å². The molecule has 12 heteroatoms. The van der Waals surface area contributed by atoms with Gasteiger partial charge in [0.2, 0.25) is 5.95 Å². The second kappa shape index (κ2) is 8.79. The van der Waals surface area contributed by atoms with Gasteiger partial charge in [0.25, 0.3) is 0 Å². The summed E-state index contributed by atoms with van der Waals surface area (Å²) < 4.78 is 38.8. The van der Waals surface area contributed by atoms with E-state index < -0.39 is 17.7 Å². The van der Waals surface area contributed by atoms with Crippen LogP contribution < -0.4 is 16.2 Å². The number of ether oxygens (including phenoxy) is 1. The van der Waals surface area contributed by atoms with Crippen LogP contribution >= 0.6 is 0 Å². The molecule has 0 saturated heterocycles. The van der Waals surface area contributed by atoms with Gasteiger partial charge in [-0.05, 0) is 37.2 Å². The average molecular weight is 502 g/mol. The fourth-order valence-corrected chi connectivity index (χ4v) is 4.82. The molecule has 1 atom stereocenters. The van der Waals surface area contributed by atoms with E-state index in [1.807, 2.05) is 0 Å². The number of nitrogens with zero attached hydrogens (tertiary/aromatic N) is 7. The van der Waals surface area contributed by atoms with E-state index in [4.69, 9.17) is 15.5 Å². The van der Waals surface area contributed by atoms with Crippen LogP contribution in [-0.4, -0.2) is 41.8 Å². The molecule has 1 aliphatic rings. The molecule has 6 rings (SSSR count). The molecule has 0 aliphatic carbocycles. The highest BCUT2D eigenvalue weighted by molar-refractivity contribution is 5.79. The van der Waals surface area contributed by atoms with Crippen LogP contribution in [0.5, 0.6) is 5.75 Å². The van der Waals surface area contributed by atoms with Crippen LogP contribution in [0.1, 0.15) is 30.0 Å². The maximum atomic E-state index is 14.5. The van der Waals surface area contributed by atoms with Gasteiger partial charge in [-0.2, -0.15) is 10.2 Å². The topological polar surface area (TPSA) is 130 Å².